The van der Waals surface area contributed by atoms with Crippen LogP contribution in [0.5, 0.6) is 0 Å². The molecule has 0 bridgehead atoms. The van der Waals surface area contributed by atoms with E-state index in [0.29, 0.717) is 12.2 Å². The normalized spacial score (nSPS) is 8.44. The van der Waals surface area contributed by atoms with Crippen LogP contribution in [-0.4, -0.2) is 48.4 Å². The summed E-state index contributed by atoms with van der Waals surface area (Å²) in [6.45, 7) is 0. The standard InChI is InChI=1S/C4H4O4.Bi.3H/c5-3(6)1-2-4(7)8;;;;/h1-2H,(H,5,6)(H,7,8);;;;. The van der Waals surface area contributed by atoms with Crippen molar-refractivity contribution in [2.45, 2.75) is 0 Å². The summed E-state index contributed by atoms with van der Waals surface area (Å²) < 4.78 is 0. The molecule has 0 aromatic heterocycles. The summed E-state index contributed by atoms with van der Waals surface area (Å²) in [5.74, 6) is -2.51. The van der Waals surface area contributed by atoms with Crippen molar-refractivity contribution in [1.29, 1.82) is 0 Å². The fraction of sp³-hybridized carbons (Fsp3) is 0. The maximum absolute atomic E-state index is 9.55. The topological polar surface area (TPSA) is 74.6 Å². The molecule has 5 heteroatoms. The molecule has 0 rings (SSSR count). The second-order valence-corrected chi connectivity index (χ2v) is 1.01. The van der Waals surface area contributed by atoms with E-state index in [1.165, 1.54) is 0 Å². The summed E-state index contributed by atoms with van der Waals surface area (Å²) >= 11 is 0. The second kappa shape index (κ2) is 5.70. The first-order chi connectivity index (χ1) is 3.63. The number of carboxylic acids is 2. The number of carboxylic acid groups (broad SMARTS) is 2. The molecular weight excluding hydrogens is 321 g/mol. The number of rotatable bonds is 2. The van der Waals surface area contributed by atoms with Crippen LogP contribution in [0.4, 0.5) is 0 Å². The molecule has 0 aromatic rings. The molecule has 0 fully saturated rings. The van der Waals surface area contributed by atoms with E-state index < -0.39 is 11.9 Å². The van der Waals surface area contributed by atoms with E-state index in [2.05, 4.69) is 0 Å². The van der Waals surface area contributed by atoms with Gasteiger partial charge in [-0.3, -0.25) is 0 Å². The number of hydrogen-bond acceptors (Lipinski definition) is 2. The molecule has 0 aromatic carbocycles. The van der Waals surface area contributed by atoms with Crippen LogP contribution >= 0.6 is 0 Å². The van der Waals surface area contributed by atoms with Crippen LogP contribution in [0.25, 0.3) is 0 Å². The molecule has 4 nitrogen and oxygen atoms in total. The molecule has 0 radical (unpaired) electrons. The van der Waals surface area contributed by atoms with Crippen molar-refractivity contribution in [3.8, 4) is 0 Å². The van der Waals surface area contributed by atoms with Crippen molar-refractivity contribution in [2.24, 2.45) is 0 Å². The van der Waals surface area contributed by atoms with Gasteiger partial charge in [-0.15, -0.1) is 0 Å². The molecule has 0 aliphatic carbocycles. The predicted octanol–water partition coefficient (Wildman–Crippen LogP) is -1.47. The average molecular weight is 328 g/mol. The van der Waals surface area contributed by atoms with Gasteiger partial charge in [-0.25, -0.2) is 9.59 Å². The Morgan fingerprint density at radius 3 is 1.33 bits per heavy atom. The molecule has 0 atom stereocenters. The van der Waals surface area contributed by atoms with Gasteiger partial charge in [0.05, 0.1) is 0 Å². The van der Waals surface area contributed by atoms with E-state index in [-0.39, 0.29) is 26.2 Å². The van der Waals surface area contributed by atoms with E-state index >= 15 is 0 Å². The molecule has 0 unspecified atom stereocenters. The summed E-state index contributed by atoms with van der Waals surface area (Å²) in [5.41, 5.74) is 0. The summed E-state index contributed by atoms with van der Waals surface area (Å²) in [6, 6.07) is 0. The zero-order valence-corrected chi connectivity index (χ0v) is 10.1. The van der Waals surface area contributed by atoms with E-state index in [0.717, 1.165) is 0 Å². The molecule has 2 N–H and O–H groups in total. The fourth-order valence-corrected chi connectivity index (χ4v) is 0.143. The van der Waals surface area contributed by atoms with Crippen molar-refractivity contribution in [2.75, 3.05) is 0 Å². The van der Waals surface area contributed by atoms with Gasteiger partial charge in [0, 0.05) is 12.2 Å². The maximum atomic E-state index is 9.55. The van der Waals surface area contributed by atoms with Crippen LogP contribution in [0.1, 0.15) is 0 Å². The average Bonchev–Trinajstić information content (AvgIpc) is 1.61. The summed E-state index contributed by atoms with van der Waals surface area (Å²) in [4.78, 5) is 19.1. The van der Waals surface area contributed by atoms with Crippen LogP contribution < -0.4 is 0 Å². The quantitative estimate of drug-likeness (QED) is 0.479. The summed E-state index contributed by atoms with van der Waals surface area (Å²) in [7, 11) is 0. The predicted molar refractivity (Wildman–Crippen MR) is 34.4 cm³/mol. The van der Waals surface area contributed by atoms with Crippen LogP contribution in [0, 0.1) is 0 Å². The van der Waals surface area contributed by atoms with E-state index in [1.807, 2.05) is 0 Å². The van der Waals surface area contributed by atoms with E-state index in [1.54, 1.807) is 0 Å². The molecule has 0 aliphatic heterocycles. The van der Waals surface area contributed by atoms with Crippen molar-refractivity contribution in [3.63, 3.8) is 0 Å². The van der Waals surface area contributed by atoms with Gasteiger partial charge >= 0.3 is 38.1 Å². The number of carbonyl (C=O) groups is 2. The van der Waals surface area contributed by atoms with Gasteiger partial charge in [-0.05, 0) is 0 Å². The molecular formula is C4H7BiO4. The minimum atomic E-state index is -1.26. The second-order valence-electron chi connectivity index (χ2n) is 1.01. The Morgan fingerprint density at radius 1 is 1.00 bits per heavy atom. The van der Waals surface area contributed by atoms with Gasteiger partial charge in [0.15, 0.2) is 0 Å². The Labute approximate surface area is 70.3 Å². The van der Waals surface area contributed by atoms with Crippen LogP contribution in [0.15, 0.2) is 12.2 Å². The van der Waals surface area contributed by atoms with Crippen LogP contribution in [0.2, 0.25) is 0 Å². The van der Waals surface area contributed by atoms with Crippen molar-refractivity contribution in [1.82, 2.24) is 0 Å². The van der Waals surface area contributed by atoms with Gasteiger partial charge in [-0.2, -0.15) is 0 Å². The Morgan fingerprint density at radius 2 is 1.22 bits per heavy atom. The van der Waals surface area contributed by atoms with Gasteiger partial charge in [0.25, 0.3) is 0 Å². The van der Waals surface area contributed by atoms with Crippen LogP contribution in [0.3, 0.4) is 0 Å². The molecule has 0 heterocycles. The van der Waals surface area contributed by atoms with E-state index in [9.17, 15) is 9.59 Å². The van der Waals surface area contributed by atoms with Crippen LogP contribution in [-0.2, 0) is 9.59 Å². The van der Waals surface area contributed by atoms with Gasteiger partial charge < -0.3 is 10.2 Å². The minimum absolute atomic E-state index is 0. The summed E-state index contributed by atoms with van der Waals surface area (Å²) in [5, 5.41) is 15.6. The first-order valence-corrected chi connectivity index (χ1v) is 1.77. The molecule has 0 saturated heterocycles. The fourth-order valence-electron chi connectivity index (χ4n) is 0.143. The van der Waals surface area contributed by atoms with Gasteiger partial charge in [0.2, 0.25) is 0 Å². The molecule has 0 spiro atoms. The molecule has 0 amide bonds. The van der Waals surface area contributed by atoms with Crippen molar-refractivity contribution < 1.29 is 19.8 Å². The Kier molecular flexibility index (Phi) is 7.20. The molecule has 0 aliphatic rings. The van der Waals surface area contributed by atoms with Gasteiger partial charge in [0.1, 0.15) is 0 Å². The van der Waals surface area contributed by atoms with Crippen molar-refractivity contribution in [3.05, 3.63) is 12.2 Å². The Hall–Kier alpha value is -0.437. The van der Waals surface area contributed by atoms with Gasteiger partial charge in [-0.1, -0.05) is 0 Å². The van der Waals surface area contributed by atoms with E-state index in [4.69, 9.17) is 10.2 Å². The first-order valence-electron chi connectivity index (χ1n) is 1.77. The monoisotopic (exact) mass is 328 g/mol. The molecule has 9 heavy (non-hydrogen) atoms. The first kappa shape index (κ1) is 11.4. The summed E-state index contributed by atoms with van der Waals surface area (Å²) in [6.07, 6.45) is 1.12. The zero-order chi connectivity index (χ0) is 6.57. The molecule has 52 valence electrons. The third-order valence-electron chi connectivity index (χ3n) is 0.368. The van der Waals surface area contributed by atoms with Crippen molar-refractivity contribution >= 4 is 38.1 Å². The number of hydrogen-bond donors (Lipinski definition) is 2. The Bertz CT molecular complexity index is 124. The third kappa shape index (κ3) is 11.2. The molecule has 0 saturated carbocycles. The number of aliphatic carboxylic acids is 2. The Balaban J connectivity index is 0. The zero-order valence-electron chi connectivity index (χ0n) is 4.57. The third-order valence-corrected chi connectivity index (χ3v) is 0.368. The SMILES string of the molecule is O=C(O)C=CC(=O)O.[BiH3].